The number of hydrogen-bond acceptors (Lipinski definition) is 8. The van der Waals surface area contributed by atoms with Crippen molar-refractivity contribution in [2.75, 3.05) is 17.1 Å². The van der Waals surface area contributed by atoms with Crippen LogP contribution in [0.15, 0.2) is 71.2 Å². The van der Waals surface area contributed by atoms with Crippen LogP contribution in [-0.4, -0.2) is 35.8 Å². The third kappa shape index (κ3) is 4.63. The standard InChI is InChI=1S/C23H19N5O4S3/c1-14-20(34-23-26-19(13-28(14)23)15-3-7-17(32-2)8-4-15)21(29)25-16-5-9-18(10-6-16)35(30,31)27-22-24-11-12-33-22/h3-13H,1-2H3,(H,24,27)(H,25,29). The summed E-state index contributed by atoms with van der Waals surface area (Å²) in [6, 6.07) is 13.6. The molecule has 3 aromatic heterocycles. The molecule has 0 aliphatic rings. The summed E-state index contributed by atoms with van der Waals surface area (Å²) in [6.07, 6.45) is 3.42. The van der Waals surface area contributed by atoms with Crippen molar-refractivity contribution in [1.29, 1.82) is 0 Å². The van der Waals surface area contributed by atoms with Gasteiger partial charge in [-0.1, -0.05) is 11.3 Å². The Morgan fingerprint density at radius 2 is 1.83 bits per heavy atom. The van der Waals surface area contributed by atoms with Crippen molar-refractivity contribution in [3.63, 3.8) is 0 Å². The minimum atomic E-state index is -3.76. The lowest BCUT2D eigenvalue weighted by molar-refractivity contribution is 0.102. The van der Waals surface area contributed by atoms with Gasteiger partial charge in [-0.2, -0.15) is 0 Å². The van der Waals surface area contributed by atoms with E-state index in [1.165, 1.54) is 41.0 Å². The lowest BCUT2D eigenvalue weighted by atomic mass is 10.2. The molecule has 0 spiro atoms. The molecule has 0 saturated heterocycles. The van der Waals surface area contributed by atoms with Crippen molar-refractivity contribution in [2.24, 2.45) is 0 Å². The van der Waals surface area contributed by atoms with Crippen molar-refractivity contribution in [1.82, 2.24) is 14.4 Å². The van der Waals surface area contributed by atoms with E-state index in [0.29, 0.717) is 15.5 Å². The van der Waals surface area contributed by atoms with Crippen molar-refractivity contribution >= 4 is 54.4 Å². The molecule has 2 aromatic carbocycles. The van der Waals surface area contributed by atoms with Crippen LogP contribution in [0.4, 0.5) is 10.8 Å². The monoisotopic (exact) mass is 525 g/mol. The number of nitrogens with one attached hydrogen (secondary N) is 2. The Morgan fingerprint density at radius 1 is 1.09 bits per heavy atom. The molecule has 12 heteroatoms. The molecule has 0 unspecified atom stereocenters. The van der Waals surface area contributed by atoms with Gasteiger partial charge in [-0.05, 0) is 55.5 Å². The van der Waals surface area contributed by atoms with Gasteiger partial charge in [0.05, 0.1) is 17.7 Å². The Bertz CT molecular complexity index is 1600. The Labute approximate surface area is 209 Å². The van der Waals surface area contributed by atoms with E-state index in [4.69, 9.17) is 4.74 Å². The number of carbonyl (C=O) groups is 1. The van der Waals surface area contributed by atoms with Crippen LogP contribution in [0.5, 0.6) is 5.75 Å². The molecule has 2 N–H and O–H groups in total. The van der Waals surface area contributed by atoms with Crippen molar-refractivity contribution in [3.8, 4) is 17.0 Å². The maximum Gasteiger partial charge on any atom is 0.267 e. The van der Waals surface area contributed by atoms with Gasteiger partial charge in [-0.25, -0.2) is 18.4 Å². The first-order valence-corrected chi connectivity index (χ1v) is 13.5. The molecule has 178 valence electrons. The fraction of sp³-hybridized carbons (Fsp3) is 0.0870. The molecule has 0 fully saturated rings. The Kier molecular flexibility index (Phi) is 6.01. The van der Waals surface area contributed by atoms with Crippen molar-refractivity contribution < 1.29 is 17.9 Å². The smallest absolute Gasteiger partial charge is 0.267 e. The van der Waals surface area contributed by atoms with E-state index in [0.717, 1.165) is 22.7 Å². The van der Waals surface area contributed by atoms with Crippen molar-refractivity contribution in [3.05, 3.63) is 76.9 Å². The summed E-state index contributed by atoms with van der Waals surface area (Å²) in [5, 5.41) is 4.79. The van der Waals surface area contributed by atoms with Gasteiger partial charge in [0.25, 0.3) is 15.9 Å². The molecule has 9 nitrogen and oxygen atoms in total. The summed E-state index contributed by atoms with van der Waals surface area (Å²) in [7, 11) is -2.14. The molecule has 0 aliphatic carbocycles. The number of imidazole rings is 1. The maximum absolute atomic E-state index is 12.9. The third-order valence-electron chi connectivity index (χ3n) is 5.23. The molecule has 35 heavy (non-hydrogen) atoms. The zero-order chi connectivity index (χ0) is 24.6. The first kappa shape index (κ1) is 23.0. The Morgan fingerprint density at radius 3 is 2.46 bits per heavy atom. The van der Waals surface area contributed by atoms with Gasteiger partial charge in [-0.3, -0.25) is 13.9 Å². The summed E-state index contributed by atoms with van der Waals surface area (Å²) in [4.78, 5) is 22.8. The summed E-state index contributed by atoms with van der Waals surface area (Å²) in [5.74, 6) is 0.479. The lowest BCUT2D eigenvalue weighted by Crippen LogP contribution is -2.14. The number of methoxy groups -OCH3 is 1. The number of carbonyl (C=O) groups excluding carboxylic acids is 1. The summed E-state index contributed by atoms with van der Waals surface area (Å²) >= 11 is 2.48. The quantitative estimate of drug-likeness (QED) is 0.313. The normalized spacial score (nSPS) is 11.5. The van der Waals surface area contributed by atoms with E-state index >= 15 is 0 Å². The van der Waals surface area contributed by atoms with Crippen molar-refractivity contribution in [2.45, 2.75) is 11.8 Å². The van der Waals surface area contributed by atoms with Crippen LogP contribution in [0.25, 0.3) is 16.2 Å². The highest BCUT2D eigenvalue weighted by Crippen LogP contribution is 2.29. The predicted octanol–water partition coefficient (Wildman–Crippen LogP) is 4.89. The van der Waals surface area contributed by atoms with Gasteiger partial charge in [0.2, 0.25) is 0 Å². The molecule has 0 atom stereocenters. The SMILES string of the molecule is COc1ccc(-c2cn3c(C)c(C(=O)Nc4ccc(S(=O)(=O)Nc5nccs5)cc4)sc3n2)cc1. The van der Waals surface area contributed by atoms with Gasteiger partial charge in [-0.15, -0.1) is 11.3 Å². The number of rotatable bonds is 7. The number of anilines is 2. The number of thiazole rings is 2. The lowest BCUT2D eigenvalue weighted by Gasteiger charge is -2.08. The molecule has 5 rings (SSSR count). The zero-order valence-electron chi connectivity index (χ0n) is 18.6. The minimum Gasteiger partial charge on any atom is -0.497 e. The average molecular weight is 526 g/mol. The number of sulfonamides is 1. The van der Waals surface area contributed by atoms with Crippen LogP contribution >= 0.6 is 22.7 Å². The summed E-state index contributed by atoms with van der Waals surface area (Å²) in [6.45, 7) is 1.86. The average Bonchev–Trinajstić information content (AvgIpc) is 3.58. The summed E-state index contributed by atoms with van der Waals surface area (Å²) < 4.78 is 34.5. The highest BCUT2D eigenvalue weighted by molar-refractivity contribution is 7.93. The number of ether oxygens (including phenoxy) is 1. The van der Waals surface area contributed by atoms with E-state index in [9.17, 15) is 13.2 Å². The van der Waals surface area contributed by atoms with E-state index in [1.807, 2.05) is 41.8 Å². The molecule has 0 bridgehead atoms. The summed E-state index contributed by atoms with van der Waals surface area (Å²) in [5.41, 5.74) is 3.00. The molecule has 5 aromatic rings. The van der Waals surface area contributed by atoms with E-state index in [-0.39, 0.29) is 15.9 Å². The van der Waals surface area contributed by atoms with Gasteiger partial charge >= 0.3 is 0 Å². The topological polar surface area (TPSA) is 115 Å². The fourth-order valence-corrected chi connectivity index (χ4v) is 6.21. The first-order valence-electron chi connectivity index (χ1n) is 10.3. The number of benzene rings is 2. The minimum absolute atomic E-state index is 0.0718. The van der Waals surface area contributed by atoms with E-state index in [1.54, 1.807) is 24.6 Å². The zero-order valence-corrected chi connectivity index (χ0v) is 21.0. The van der Waals surface area contributed by atoms with Gasteiger partial charge < -0.3 is 10.1 Å². The molecule has 0 aliphatic heterocycles. The number of hydrogen-bond donors (Lipinski definition) is 2. The first-order chi connectivity index (χ1) is 16.8. The molecule has 0 radical (unpaired) electrons. The molecular weight excluding hydrogens is 506 g/mol. The molecule has 1 amide bonds. The van der Waals surface area contributed by atoms with Crippen LogP contribution < -0.4 is 14.8 Å². The van der Waals surface area contributed by atoms with E-state index in [2.05, 4.69) is 20.0 Å². The number of amides is 1. The second-order valence-corrected chi connectivity index (χ2v) is 11.0. The highest BCUT2D eigenvalue weighted by atomic mass is 32.2. The number of fused-ring (bicyclic) bond motifs is 1. The van der Waals surface area contributed by atoms with Gasteiger partial charge in [0.1, 0.15) is 10.6 Å². The third-order valence-corrected chi connectivity index (χ3v) is 8.55. The largest absolute Gasteiger partial charge is 0.497 e. The number of nitrogens with zero attached hydrogens (tertiary/aromatic N) is 3. The van der Waals surface area contributed by atoms with Gasteiger partial charge in [0.15, 0.2) is 10.1 Å². The van der Waals surface area contributed by atoms with E-state index < -0.39 is 10.0 Å². The van der Waals surface area contributed by atoms with Gasteiger partial charge in [0, 0.05) is 34.7 Å². The second-order valence-electron chi connectivity index (χ2n) is 7.45. The number of aryl methyl sites for hydroxylation is 1. The Balaban J connectivity index is 1.32. The molecule has 0 saturated carbocycles. The highest BCUT2D eigenvalue weighted by Gasteiger charge is 2.19. The second kappa shape index (κ2) is 9.13. The van der Waals surface area contributed by atoms with Crippen LogP contribution in [-0.2, 0) is 10.0 Å². The Hall–Kier alpha value is -3.74. The van der Waals surface area contributed by atoms with Crippen LogP contribution in [0, 0.1) is 6.92 Å². The maximum atomic E-state index is 12.9. The fourth-order valence-electron chi connectivity index (χ4n) is 3.41. The van der Waals surface area contributed by atoms with Crippen LogP contribution in [0.3, 0.4) is 0 Å². The van der Waals surface area contributed by atoms with Crippen LogP contribution in [0.2, 0.25) is 0 Å². The molecule has 3 heterocycles. The molecular formula is C23H19N5O4S3. The predicted molar refractivity (Wildman–Crippen MR) is 137 cm³/mol. The number of aromatic nitrogens is 3. The van der Waals surface area contributed by atoms with Crippen LogP contribution in [0.1, 0.15) is 15.4 Å².